The summed E-state index contributed by atoms with van der Waals surface area (Å²) in [4.78, 5) is 15.3. The van der Waals surface area contributed by atoms with Gasteiger partial charge in [-0.15, -0.1) is 11.3 Å². The highest BCUT2D eigenvalue weighted by Gasteiger charge is 2.24. The molecule has 2 unspecified atom stereocenters. The van der Waals surface area contributed by atoms with Crippen molar-refractivity contribution in [3.05, 3.63) is 22.4 Å². The van der Waals surface area contributed by atoms with Gasteiger partial charge in [-0.3, -0.25) is 10.1 Å². The van der Waals surface area contributed by atoms with Crippen LogP contribution in [0.1, 0.15) is 44.5 Å². The minimum atomic E-state index is -0.0953. The number of nitrogens with one attached hydrogen (secondary N) is 1. The van der Waals surface area contributed by atoms with E-state index in [4.69, 9.17) is 0 Å². The van der Waals surface area contributed by atoms with Gasteiger partial charge in [0.2, 0.25) is 5.91 Å². The second-order valence-corrected chi connectivity index (χ2v) is 6.54. The van der Waals surface area contributed by atoms with E-state index in [0.717, 1.165) is 12.8 Å². The molecule has 0 fully saturated rings. The van der Waals surface area contributed by atoms with Crippen LogP contribution in [-0.4, -0.2) is 30.9 Å². The molecule has 0 spiro atoms. The van der Waals surface area contributed by atoms with E-state index in [9.17, 15) is 4.79 Å². The molecule has 1 amide bonds. The fourth-order valence-electron chi connectivity index (χ4n) is 2.16. The lowest BCUT2D eigenvalue weighted by Gasteiger charge is -2.27. The van der Waals surface area contributed by atoms with E-state index in [1.807, 2.05) is 14.1 Å². The third-order valence-corrected chi connectivity index (χ3v) is 4.13. The van der Waals surface area contributed by atoms with Crippen molar-refractivity contribution in [1.82, 2.24) is 10.2 Å². The van der Waals surface area contributed by atoms with Gasteiger partial charge in [-0.25, -0.2) is 0 Å². The number of amides is 1. The van der Waals surface area contributed by atoms with Gasteiger partial charge in [-0.2, -0.15) is 0 Å². The van der Waals surface area contributed by atoms with Crippen LogP contribution >= 0.6 is 11.3 Å². The summed E-state index contributed by atoms with van der Waals surface area (Å²) in [6.45, 7) is 6.47. The van der Waals surface area contributed by atoms with Crippen molar-refractivity contribution in [3.8, 4) is 0 Å². The third-order valence-electron chi connectivity index (χ3n) is 3.14. The molecule has 1 aromatic rings. The van der Waals surface area contributed by atoms with Crippen LogP contribution in [0.2, 0.25) is 0 Å². The summed E-state index contributed by atoms with van der Waals surface area (Å²) in [6, 6.07) is 4.38. The van der Waals surface area contributed by atoms with Gasteiger partial charge in [-0.1, -0.05) is 26.8 Å². The molecule has 0 aliphatic carbocycles. The van der Waals surface area contributed by atoms with Crippen molar-refractivity contribution in [2.45, 2.75) is 45.7 Å². The Morgan fingerprint density at radius 3 is 2.53 bits per heavy atom. The lowest BCUT2D eigenvalue weighted by molar-refractivity contribution is -0.131. The van der Waals surface area contributed by atoms with Gasteiger partial charge in [0.25, 0.3) is 0 Å². The first-order valence-electron chi connectivity index (χ1n) is 6.96. The summed E-state index contributed by atoms with van der Waals surface area (Å²) in [5.74, 6) is 0.672. The summed E-state index contributed by atoms with van der Waals surface area (Å²) in [6.07, 6.45) is 1.87. The largest absolute Gasteiger partial charge is 0.347 e. The zero-order valence-corrected chi connectivity index (χ0v) is 13.5. The van der Waals surface area contributed by atoms with Crippen molar-refractivity contribution >= 4 is 17.2 Å². The Morgan fingerprint density at radius 1 is 1.42 bits per heavy atom. The number of rotatable bonds is 7. The van der Waals surface area contributed by atoms with Gasteiger partial charge in [0.15, 0.2) is 0 Å². The second kappa shape index (κ2) is 7.65. The molecule has 108 valence electrons. The van der Waals surface area contributed by atoms with Gasteiger partial charge in [0, 0.05) is 25.0 Å². The van der Waals surface area contributed by atoms with Crippen LogP contribution in [-0.2, 0) is 4.79 Å². The van der Waals surface area contributed by atoms with Gasteiger partial charge < -0.3 is 4.90 Å². The first kappa shape index (κ1) is 16.2. The van der Waals surface area contributed by atoms with Gasteiger partial charge in [0.05, 0.1) is 6.04 Å². The molecule has 4 heteroatoms. The van der Waals surface area contributed by atoms with Crippen molar-refractivity contribution in [1.29, 1.82) is 0 Å². The molecule has 1 heterocycles. The number of hydrogen-bond acceptors (Lipinski definition) is 3. The summed E-state index contributed by atoms with van der Waals surface area (Å²) in [5.41, 5.74) is 0. The molecular formula is C15H26N2OS. The van der Waals surface area contributed by atoms with E-state index in [-0.39, 0.29) is 18.0 Å². The van der Waals surface area contributed by atoms with Crippen molar-refractivity contribution in [2.24, 2.45) is 5.92 Å². The van der Waals surface area contributed by atoms with Gasteiger partial charge in [0.1, 0.15) is 0 Å². The highest BCUT2D eigenvalue weighted by Crippen LogP contribution is 2.23. The van der Waals surface area contributed by atoms with Crippen LogP contribution in [0.25, 0.3) is 0 Å². The Morgan fingerprint density at radius 2 is 2.11 bits per heavy atom. The minimum absolute atomic E-state index is 0.0953. The summed E-state index contributed by atoms with van der Waals surface area (Å²) in [5, 5.41) is 5.63. The smallest absolute Gasteiger partial charge is 0.239 e. The molecule has 1 N–H and O–H groups in total. The molecule has 0 aromatic carbocycles. The minimum Gasteiger partial charge on any atom is -0.347 e. The Bertz CT molecular complexity index is 374. The summed E-state index contributed by atoms with van der Waals surface area (Å²) < 4.78 is 0. The predicted molar refractivity (Wildman–Crippen MR) is 82.4 cm³/mol. The Kier molecular flexibility index (Phi) is 6.52. The van der Waals surface area contributed by atoms with Crippen molar-refractivity contribution < 1.29 is 4.79 Å². The SMILES string of the molecule is CCC(NC(CC(C)C)C(=O)N(C)C)c1cccs1. The highest BCUT2D eigenvalue weighted by atomic mass is 32.1. The van der Waals surface area contributed by atoms with Crippen LogP contribution in [0, 0.1) is 5.92 Å². The number of carbonyl (C=O) groups is 1. The molecule has 1 aromatic heterocycles. The van der Waals surface area contributed by atoms with Crippen LogP contribution in [0.15, 0.2) is 17.5 Å². The molecule has 0 aliphatic rings. The quantitative estimate of drug-likeness (QED) is 0.832. The van der Waals surface area contributed by atoms with Gasteiger partial charge >= 0.3 is 0 Å². The molecule has 2 atom stereocenters. The highest BCUT2D eigenvalue weighted by molar-refractivity contribution is 7.10. The van der Waals surface area contributed by atoms with Crippen LogP contribution in [0.3, 0.4) is 0 Å². The molecule has 1 rings (SSSR count). The van der Waals surface area contributed by atoms with Crippen LogP contribution in [0.5, 0.6) is 0 Å². The molecule has 3 nitrogen and oxygen atoms in total. The lowest BCUT2D eigenvalue weighted by atomic mass is 10.0. The van der Waals surface area contributed by atoms with E-state index in [0.29, 0.717) is 5.92 Å². The van der Waals surface area contributed by atoms with E-state index >= 15 is 0 Å². The van der Waals surface area contributed by atoms with E-state index in [1.165, 1.54) is 4.88 Å². The fourth-order valence-corrected chi connectivity index (χ4v) is 3.03. The summed E-state index contributed by atoms with van der Waals surface area (Å²) >= 11 is 1.75. The molecule has 0 aliphatic heterocycles. The number of nitrogens with zero attached hydrogens (tertiary/aromatic N) is 1. The molecule has 19 heavy (non-hydrogen) atoms. The third kappa shape index (κ3) is 4.96. The fraction of sp³-hybridized carbons (Fsp3) is 0.667. The van der Waals surface area contributed by atoms with Crippen molar-refractivity contribution in [2.75, 3.05) is 14.1 Å². The molecule has 0 radical (unpaired) electrons. The molecule has 0 bridgehead atoms. The number of thiophene rings is 1. The normalized spacial score (nSPS) is 14.4. The Hall–Kier alpha value is -0.870. The second-order valence-electron chi connectivity index (χ2n) is 5.56. The van der Waals surface area contributed by atoms with E-state index in [2.05, 4.69) is 43.6 Å². The number of hydrogen-bond donors (Lipinski definition) is 1. The summed E-state index contributed by atoms with van der Waals surface area (Å²) in [7, 11) is 3.65. The van der Waals surface area contributed by atoms with E-state index in [1.54, 1.807) is 16.2 Å². The average molecular weight is 282 g/mol. The predicted octanol–water partition coefficient (Wildman–Crippen LogP) is 3.29. The first-order chi connectivity index (χ1) is 8.95. The van der Waals surface area contributed by atoms with Gasteiger partial charge in [-0.05, 0) is 30.2 Å². The zero-order chi connectivity index (χ0) is 14.4. The zero-order valence-electron chi connectivity index (χ0n) is 12.6. The molecule has 0 saturated heterocycles. The topological polar surface area (TPSA) is 32.3 Å². The van der Waals surface area contributed by atoms with Crippen molar-refractivity contribution in [3.63, 3.8) is 0 Å². The molecular weight excluding hydrogens is 256 g/mol. The van der Waals surface area contributed by atoms with Crippen LogP contribution < -0.4 is 5.32 Å². The standard InChI is InChI=1S/C15H26N2OS/c1-6-12(14-8-7-9-19-14)16-13(10-11(2)3)15(18)17(4)5/h7-9,11-13,16H,6,10H2,1-5H3. The maximum absolute atomic E-state index is 12.3. The monoisotopic (exact) mass is 282 g/mol. The Balaban J connectivity index is 2.77. The maximum atomic E-state index is 12.3. The lowest BCUT2D eigenvalue weighted by Crippen LogP contribution is -2.45. The Labute approximate surface area is 121 Å². The first-order valence-corrected chi connectivity index (χ1v) is 7.84. The van der Waals surface area contributed by atoms with E-state index < -0.39 is 0 Å². The number of carbonyl (C=O) groups excluding carboxylic acids is 1. The average Bonchev–Trinajstić information content (AvgIpc) is 2.86. The van der Waals surface area contributed by atoms with Crippen LogP contribution in [0.4, 0.5) is 0 Å². The number of likely N-dealkylation sites (N-methyl/N-ethyl adjacent to an activating group) is 1. The maximum Gasteiger partial charge on any atom is 0.239 e. The molecule has 0 saturated carbocycles.